The summed E-state index contributed by atoms with van der Waals surface area (Å²) in [7, 11) is -3.52. The summed E-state index contributed by atoms with van der Waals surface area (Å²) >= 11 is 5.90. The van der Waals surface area contributed by atoms with Gasteiger partial charge in [0.15, 0.2) is 0 Å². The van der Waals surface area contributed by atoms with Crippen molar-refractivity contribution >= 4 is 33.2 Å². The van der Waals surface area contributed by atoms with E-state index in [0.717, 1.165) is 27.9 Å². The average Bonchev–Trinajstić information content (AvgIpc) is 2.78. The molecule has 0 heterocycles. The van der Waals surface area contributed by atoms with Gasteiger partial charge in [0, 0.05) is 17.1 Å². The van der Waals surface area contributed by atoms with E-state index in [1.807, 2.05) is 49.4 Å². The zero-order valence-corrected chi connectivity index (χ0v) is 21.6. The molecule has 0 bridgehead atoms. The second kappa shape index (κ2) is 11.1. The number of rotatable bonds is 9. The van der Waals surface area contributed by atoms with E-state index in [4.69, 9.17) is 11.6 Å². The maximum Gasteiger partial charge on any atom is 0.251 e. The normalized spacial score (nSPS) is 11.5. The predicted molar refractivity (Wildman–Crippen MR) is 140 cm³/mol. The first-order chi connectivity index (χ1) is 16.1. The summed E-state index contributed by atoms with van der Waals surface area (Å²) in [5.41, 5.74) is 5.06. The molecule has 0 unspecified atom stereocenters. The fourth-order valence-corrected chi connectivity index (χ4v) is 4.94. The van der Waals surface area contributed by atoms with Crippen molar-refractivity contribution in [2.75, 3.05) is 17.1 Å². The first-order valence-corrected chi connectivity index (χ1v) is 13.5. The molecule has 0 aromatic heterocycles. The third-order valence-corrected chi connectivity index (χ3v) is 7.06. The van der Waals surface area contributed by atoms with Crippen molar-refractivity contribution in [2.45, 2.75) is 39.7 Å². The largest absolute Gasteiger partial charge is 0.352 e. The van der Waals surface area contributed by atoms with Crippen LogP contribution in [0, 0.1) is 6.92 Å². The Hall–Kier alpha value is -2.83. The van der Waals surface area contributed by atoms with Crippen LogP contribution in [0.25, 0.3) is 0 Å². The highest BCUT2D eigenvalue weighted by atomic mass is 35.5. The van der Waals surface area contributed by atoms with Gasteiger partial charge in [-0.15, -0.1) is 0 Å². The maximum atomic E-state index is 12.7. The first-order valence-electron chi connectivity index (χ1n) is 11.2. The number of halogens is 1. The van der Waals surface area contributed by atoms with Gasteiger partial charge in [-0.3, -0.25) is 9.10 Å². The second-order valence-corrected chi connectivity index (χ2v) is 11.1. The van der Waals surface area contributed by atoms with Gasteiger partial charge < -0.3 is 5.32 Å². The van der Waals surface area contributed by atoms with Crippen molar-refractivity contribution in [3.63, 3.8) is 0 Å². The van der Waals surface area contributed by atoms with Crippen molar-refractivity contribution in [3.8, 4) is 0 Å². The number of benzene rings is 3. The Balaban J connectivity index is 1.72. The monoisotopic (exact) mass is 498 g/mol. The lowest BCUT2D eigenvalue weighted by atomic mass is 9.98. The summed E-state index contributed by atoms with van der Waals surface area (Å²) in [5.74, 6) is 0.0135. The third-order valence-electron chi connectivity index (χ3n) is 5.70. The fourth-order valence-electron chi connectivity index (χ4n) is 3.85. The molecule has 0 radical (unpaired) electrons. The molecule has 0 spiro atoms. The summed E-state index contributed by atoms with van der Waals surface area (Å²) in [6.45, 7) is 6.74. The summed E-state index contributed by atoms with van der Waals surface area (Å²) < 4.78 is 27.0. The quantitative estimate of drug-likeness (QED) is 0.411. The molecule has 1 N–H and O–H groups in total. The molecule has 0 aliphatic rings. The second-order valence-electron chi connectivity index (χ2n) is 8.77. The summed E-state index contributed by atoms with van der Waals surface area (Å²) in [6.07, 6.45) is 1.94. The standard InChI is InChI=1S/C27H31ClN2O3S/c1-19(2)25-7-5-6-20(3)26(25)30(34(4,32)33)18-22-8-12-23(13-9-22)27(31)29-17-16-21-10-14-24(28)15-11-21/h5-15,19H,16-18H2,1-4H3,(H,29,31). The van der Waals surface area contributed by atoms with Gasteiger partial charge in [-0.2, -0.15) is 0 Å². The third kappa shape index (κ3) is 6.61. The Morgan fingerprint density at radius 2 is 1.59 bits per heavy atom. The molecule has 34 heavy (non-hydrogen) atoms. The minimum Gasteiger partial charge on any atom is -0.352 e. The summed E-state index contributed by atoms with van der Waals surface area (Å²) in [5, 5.41) is 3.61. The Labute approximate surface area is 207 Å². The van der Waals surface area contributed by atoms with Crippen LogP contribution in [0.1, 0.15) is 52.4 Å². The molecule has 5 nitrogen and oxygen atoms in total. The number of carbonyl (C=O) groups is 1. The number of carbonyl (C=O) groups excluding carboxylic acids is 1. The molecule has 1 amide bonds. The lowest BCUT2D eigenvalue weighted by Gasteiger charge is -2.28. The van der Waals surface area contributed by atoms with Crippen LogP contribution in [0.4, 0.5) is 5.69 Å². The zero-order valence-electron chi connectivity index (χ0n) is 20.0. The van der Waals surface area contributed by atoms with Gasteiger partial charge in [0.1, 0.15) is 0 Å². The molecule has 7 heteroatoms. The molecule has 0 aliphatic carbocycles. The summed E-state index contributed by atoms with van der Waals surface area (Å²) in [6, 6.07) is 20.5. The molecular formula is C27H31ClN2O3S. The minimum absolute atomic E-state index is 0.165. The maximum absolute atomic E-state index is 12.7. The Bertz CT molecular complexity index is 1240. The van der Waals surface area contributed by atoms with Crippen molar-refractivity contribution in [1.82, 2.24) is 5.32 Å². The molecule has 0 aliphatic heterocycles. The molecule has 3 aromatic rings. The number of amides is 1. The number of hydrogen-bond acceptors (Lipinski definition) is 3. The van der Waals surface area contributed by atoms with E-state index in [2.05, 4.69) is 19.2 Å². The highest BCUT2D eigenvalue weighted by molar-refractivity contribution is 7.92. The first kappa shape index (κ1) is 25.8. The molecule has 3 aromatic carbocycles. The summed E-state index contributed by atoms with van der Waals surface area (Å²) in [4.78, 5) is 12.5. The number of aryl methyl sites for hydroxylation is 1. The Morgan fingerprint density at radius 3 is 2.18 bits per heavy atom. The molecule has 0 saturated heterocycles. The van der Waals surface area contributed by atoms with E-state index in [-0.39, 0.29) is 18.4 Å². The van der Waals surface area contributed by atoms with Crippen molar-refractivity contribution in [2.24, 2.45) is 0 Å². The van der Waals surface area contributed by atoms with Gasteiger partial charge in [-0.25, -0.2) is 8.42 Å². The smallest absolute Gasteiger partial charge is 0.251 e. The predicted octanol–water partition coefficient (Wildman–Crippen LogP) is 5.71. The van der Waals surface area contributed by atoms with E-state index < -0.39 is 10.0 Å². The van der Waals surface area contributed by atoms with Crippen LogP contribution >= 0.6 is 11.6 Å². The van der Waals surface area contributed by atoms with Crippen LogP contribution in [0.15, 0.2) is 66.7 Å². The highest BCUT2D eigenvalue weighted by Crippen LogP contribution is 2.33. The fraction of sp³-hybridized carbons (Fsp3) is 0.296. The number of sulfonamides is 1. The van der Waals surface area contributed by atoms with E-state index in [1.54, 1.807) is 24.3 Å². The highest BCUT2D eigenvalue weighted by Gasteiger charge is 2.23. The van der Waals surface area contributed by atoms with Crippen LogP contribution in [0.5, 0.6) is 0 Å². The van der Waals surface area contributed by atoms with Crippen LogP contribution in [0.3, 0.4) is 0 Å². The van der Waals surface area contributed by atoms with Gasteiger partial charge in [-0.05, 0) is 65.8 Å². The molecule has 3 rings (SSSR count). The van der Waals surface area contributed by atoms with E-state index >= 15 is 0 Å². The van der Waals surface area contributed by atoms with Gasteiger partial charge in [0.25, 0.3) is 5.91 Å². The molecule has 0 saturated carbocycles. The lowest BCUT2D eigenvalue weighted by molar-refractivity contribution is 0.0954. The number of nitrogens with zero attached hydrogens (tertiary/aromatic N) is 1. The van der Waals surface area contributed by atoms with Gasteiger partial charge in [0.2, 0.25) is 10.0 Å². The topological polar surface area (TPSA) is 66.5 Å². The number of anilines is 1. The van der Waals surface area contributed by atoms with Crippen LogP contribution in [-0.4, -0.2) is 27.1 Å². The molecular weight excluding hydrogens is 468 g/mol. The van der Waals surface area contributed by atoms with Crippen LogP contribution < -0.4 is 9.62 Å². The Morgan fingerprint density at radius 1 is 0.971 bits per heavy atom. The van der Waals surface area contributed by atoms with E-state index in [1.165, 1.54) is 10.6 Å². The molecule has 0 atom stereocenters. The van der Waals surface area contributed by atoms with Crippen molar-refractivity contribution in [1.29, 1.82) is 0 Å². The SMILES string of the molecule is Cc1cccc(C(C)C)c1N(Cc1ccc(C(=O)NCCc2ccc(Cl)cc2)cc1)S(C)(=O)=O. The van der Waals surface area contributed by atoms with E-state index in [9.17, 15) is 13.2 Å². The number of hydrogen-bond donors (Lipinski definition) is 1. The average molecular weight is 499 g/mol. The molecule has 180 valence electrons. The molecule has 0 fully saturated rings. The zero-order chi connectivity index (χ0) is 24.9. The van der Waals surface area contributed by atoms with Gasteiger partial charge in [0.05, 0.1) is 18.5 Å². The van der Waals surface area contributed by atoms with Gasteiger partial charge >= 0.3 is 0 Å². The lowest BCUT2D eigenvalue weighted by Crippen LogP contribution is -2.31. The van der Waals surface area contributed by atoms with E-state index in [0.29, 0.717) is 23.6 Å². The number of nitrogens with one attached hydrogen (secondary N) is 1. The minimum atomic E-state index is -3.52. The van der Waals surface area contributed by atoms with Gasteiger partial charge in [-0.1, -0.05) is 67.9 Å². The van der Waals surface area contributed by atoms with Crippen molar-refractivity contribution in [3.05, 3.63) is 99.6 Å². The van der Waals surface area contributed by atoms with Crippen molar-refractivity contribution < 1.29 is 13.2 Å². The Kier molecular flexibility index (Phi) is 8.39. The number of para-hydroxylation sites is 1. The van der Waals surface area contributed by atoms with Crippen LogP contribution in [-0.2, 0) is 23.0 Å². The van der Waals surface area contributed by atoms with Crippen LogP contribution in [0.2, 0.25) is 5.02 Å².